The van der Waals surface area contributed by atoms with Gasteiger partial charge in [0.15, 0.2) is 0 Å². The molecule has 3 aliphatic rings. The lowest BCUT2D eigenvalue weighted by Gasteiger charge is -2.47. The van der Waals surface area contributed by atoms with Gasteiger partial charge in [0.1, 0.15) is 11.4 Å². The molecular formula is C16H20BrNO2. The fourth-order valence-corrected chi connectivity index (χ4v) is 4.53. The number of hydrogen-bond donors (Lipinski definition) is 1. The first-order chi connectivity index (χ1) is 9.65. The fraction of sp³-hybridized carbons (Fsp3) is 0.625. The van der Waals surface area contributed by atoms with Crippen molar-refractivity contribution in [1.29, 1.82) is 0 Å². The highest BCUT2D eigenvalue weighted by Gasteiger charge is 2.47. The summed E-state index contributed by atoms with van der Waals surface area (Å²) >= 11 is 3.50. The van der Waals surface area contributed by atoms with Gasteiger partial charge in [0.05, 0.1) is 6.10 Å². The van der Waals surface area contributed by atoms with Crippen LogP contribution in [0, 0.1) is 0 Å². The number of hydrogen-bond acceptors (Lipinski definition) is 3. The van der Waals surface area contributed by atoms with E-state index < -0.39 is 0 Å². The molecule has 0 bridgehead atoms. The van der Waals surface area contributed by atoms with Gasteiger partial charge < -0.3 is 14.7 Å². The Labute approximate surface area is 128 Å². The predicted octanol–water partition coefficient (Wildman–Crippen LogP) is 3.26. The number of fused-ring (bicyclic) bond motifs is 2. The lowest BCUT2D eigenvalue weighted by molar-refractivity contribution is -0.0646. The molecule has 0 aliphatic carbocycles. The Morgan fingerprint density at radius 1 is 1.30 bits per heavy atom. The fourth-order valence-electron chi connectivity index (χ4n) is 4.19. The number of nitrogens with zero attached hydrogens (tertiary/aromatic N) is 1. The molecule has 3 heterocycles. The van der Waals surface area contributed by atoms with Gasteiger partial charge in [0.2, 0.25) is 0 Å². The standard InChI is InChI=1S/C16H20BrNO2/c17-11-3-4-13-14(19)10-16(20-15(13)8-11)5-7-18-6-1-2-12(18)9-16/h3-4,8,12,14,19H,1-2,5-7,9-10H2. The summed E-state index contributed by atoms with van der Waals surface area (Å²) in [6, 6.07) is 6.61. The molecule has 0 aromatic heterocycles. The normalized spacial score (nSPS) is 36.5. The van der Waals surface area contributed by atoms with Crippen LogP contribution >= 0.6 is 15.9 Å². The van der Waals surface area contributed by atoms with Crippen LogP contribution in [0.2, 0.25) is 0 Å². The number of aliphatic hydroxyl groups excluding tert-OH is 1. The van der Waals surface area contributed by atoms with E-state index in [1.54, 1.807) is 0 Å². The molecule has 1 aromatic rings. The first-order valence-electron chi connectivity index (χ1n) is 7.56. The molecule has 0 amide bonds. The molecule has 2 fully saturated rings. The Kier molecular flexibility index (Phi) is 3.09. The second-order valence-corrected chi connectivity index (χ2v) is 7.39. The van der Waals surface area contributed by atoms with Gasteiger partial charge in [-0.3, -0.25) is 0 Å². The van der Waals surface area contributed by atoms with E-state index in [4.69, 9.17) is 4.74 Å². The lowest BCUT2D eigenvalue weighted by Crippen LogP contribution is -2.52. The highest BCUT2D eigenvalue weighted by atomic mass is 79.9. The maximum atomic E-state index is 10.5. The lowest BCUT2D eigenvalue weighted by atomic mass is 9.79. The molecule has 4 heteroatoms. The van der Waals surface area contributed by atoms with E-state index in [0.29, 0.717) is 6.04 Å². The summed E-state index contributed by atoms with van der Waals surface area (Å²) in [5, 5.41) is 10.5. The average molecular weight is 338 g/mol. The van der Waals surface area contributed by atoms with E-state index in [-0.39, 0.29) is 11.7 Å². The summed E-state index contributed by atoms with van der Waals surface area (Å²) in [6.45, 7) is 2.35. The minimum atomic E-state index is -0.389. The van der Waals surface area contributed by atoms with Crippen molar-refractivity contribution < 1.29 is 9.84 Å². The molecule has 20 heavy (non-hydrogen) atoms. The molecule has 3 nitrogen and oxygen atoms in total. The maximum Gasteiger partial charge on any atom is 0.127 e. The van der Waals surface area contributed by atoms with Gasteiger partial charge in [-0.15, -0.1) is 0 Å². The van der Waals surface area contributed by atoms with Crippen molar-refractivity contribution in [3.63, 3.8) is 0 Å². The Bertz CT molecular complexity index is 535. The van der Waals surface area contributed by atoms with Crippen molar-refractivity contribution in [3.8, 4) is 5.75 Å². The summed E-state index contributed by atoms with van der Waals surface area (Å²) in [5.74, 6) is 0.865. The van der Waals surface area contributed by atoms with Crippen LogP contribution in [0.1, 0.15) is 43.8 Å². The number of rotatable bonds is 0. The van der Waals surface area contributed by atoms with Gasteiger partial charge in [-0.1, -0.05) is 22.0 Å². The van der Waals surface area contributed by atoms with E-state index >= 15 is 0 Å². The molecule has 108 valence electrons. The number of aliphatic hydroxyl groups is 1. The van der Waals surface area contributed by atoms with Crippen LogP contribution in [-0.2, 0) is 0 Å². The Balaban J connectivity index is 1.64. The van der Waals surface area contributed by atoms with Crippen molar-refractivity contribution in [3.05, 3.63) is 28.2 Å². The van der Waals surface area contributed by atoms with Crippen LogP contribution in [-0.4, -0.2) is 34.7 Å². The predicted molar refractivity (Wildman–Crippen MR) is 80.9 cm³/mol. The van der Waals surface area contributed by atoms with Crippen LogP contribution in [0.25, 0.3) is 0 Å². The molecule has 1 spiro atoms. The number of benzene rings is 1. The zero-order chi connectivity index (χ0) is 13.7. The minimum Gasteiger partial charge on any atom is -0.487 e. The molecule has 2 saturated heterocycles. The average Bonchev–Trinajstić information content (AvgIpc) is 2.85. The number of ether oxygens (including phenoxy) is 1. The van der Waals surface area contributed by atoms with Crippen LogP contribution in [0.5, 0.6) is 5.75 Å². The monoisotopic (exact) mass is 337 g/mol. The molecule has 1 N–H and O–H groups in total. The molecule has 4 rings (SSSR count). The van der Waals surface area contributed by atoms with Gasteiger partial charge in [-0.05, 0) is 37.9 Å². The zero-order valence-electron chi connectivity index (χ0n) is 11.5. The summed E-state index contributed by atoms with van der Waals surface area (Å²) in [7, 11) is 0. The van der Waals surface area contributed by atoms with Crippen molar-refractivity contribution in [2.24, 2.45) is 0 Å². The third kappa shape index (κ3) is 2.09. The van der Waals surface area contributed by atoms with Gasteiger partial charge in [-0.25, -0.2) is 0 Å². The first-order valence-corrected chi connectivity index (χ1v) is 8.35. The molecular weight excluding hydrogens is 318 g/mol. The third-order valence-electron chi connectivity index (χ3n) is 5.19. The Hall–Kier alpha value is -0.580. The van der Waals surface area contributed by atoms with Gasteiger partial charge in [0, 0.05) is 35.5 Å². The Morgan fingerprint density at radius 2 is 2.20 bits per heavy atom. The van der Waals surface area contributed by atoms with Crippen LogP contribution in [0.4, 0.5) is 0 Å². The summed E-state index contributed by atoms with van der Waals surface area (Å²) in [4.78, 5) is 2.59. The van der Waals surface area contributed by atoms with Crippen molar-refractivity contribution in [2.75, 3.05) is 13.1 Å². The second-order valence-electron chi connectivity index (χ2n) is 6.47. The van der Waals surface area contributed by atoms with Crippen LogP contribution < -0.4 is 4.74 Å². The van der Waals surface area contributed by atoms with E-state index in [0.717, 1.165) is 41.6 Å². The summed E-state index contributed by atoms with van der Waals surface area (Å²) in [5.41, 5.74) is 0.784. The van der Waals surface area contributed by atoms with Crippen molar-refractivity contribution in [2.45, 2.75) is 49.9 Å². The second kappa shape index (κ2) is 4.72. The van der Waals surface area contributed by atoms with Crippen LogP contribution in [0.15, 0.2) is 22.7 Å². The minimum absolute atomic E-state index is 0.154. The molecule has 0 radical (unpaired) electrons. The van der Waals surface area contributed by atoms with Gasteiger partial charge in [-0.2, -0.15) is 0 Å². The molecule has 1 aromatic carbocycles. The van der Waals surface area contributed by atoms with Crippen molar-refractivity contribution >= 4 is 15.9 Å². The molecule has 3 aliphatic heterocycles. The molecule has 3 unspecified atom stereocenters. The molecule has 0 saturated carbocycles. The van der Waals surface area contributed by atoms with Crippen molar-refractivity contribution in [1.82, 2.24) is 4.90 Å². The number of halogens is 1. The van der Waals surface area contributed by atoms with E-state index in [1.807, 2.05) is 18.2 Å². The SMILES string of the molecule is OC1CC2(CCN3CCCC3C2)Oc2cc(Br)ccc21. The topological polar surface area (TPSA) is 32.7 Å². The summed E-state index contributed by atoms with van der Waals surface area (Å²) in [6.07, 6.45) is 5.05. The number of piperidine rings is 1. The van der Waals surface area contributed by atoms with Crippen LogP contribution in [0.3, 0.4) is 0 Å². The maximum absolute atomic E-state index is 10.5. The van der Waals surface area contributed by atoms with E-state index in [2.05, 4.69) is 20.8 Å². The van der Waals surface area contributed by atoms with Gasteiger partial charge in [0.25, 0.3) is 0 Å². The first kappa shape index (κ1) is 13.1. The third-order valence-corrected chi connectivity index (χ3v) is 5.68. The quantitative estimate of drug-likeness (QED) is 0.788. The smallest absolute Gasteiger partial charge is 0.127 e. The zero-order valence-corrected chi connectivity index (χ0v) is 13.1. The highest BCUT2D eigenvalue weighted by molar-refractivity contribution is 9.10. The summed E-state index contributed by atoms with van der Waals surface area (Å²) < 4.78 is 7.42. The largest absolute Gasteiger partial charge is 0.487 e. The van der Waals surface area contributed by atoms with E-state index in [1.165, 1.54) is 19.4 Å². The van der Waals surface area contributed by atoms with E-state index in [9.17, 15) is 5.11 Å². The van der Waals surface area contributed by atoms with Gasteiger partial charge >= 0.3 is 0 Å². The highest BCUT2D eigenvalue weighted by Crippen LogP contribution is 2.47. The Morgan fingerprint density at radius 3 is 3.10 bits per heavy atom. The molecule has 3 atom stereocenters.